The van der Waals surface area contributed by atoms with Gasteiger partial charge in [-0.2, -0.15) is 0 Å². The number of nitrogens with zero attached hydrogens (tertiary/aromatic N) is 2. The van der Waals surface area contributed by atoms with Crippen molar-refractivity contribution in [3.63, 3.8) is 0 Å². The summed E-state index contributed by atoms with van der Waals surface area (Å²) in [5.41, 5.74) is 0.514. The fraction of sp³-hybridized carbons (Fsp3) is 0.348. The predicted octanol–water partition coefficient (Wildman–Crippen LogP) is 2.05. The number of carbonyl (C=O) groups is 3. The summed E-state index contributed by atoms with van der Waals surface area (Å²) < 4.78 is 10.3. The third kappa shape index (κ3) is 4.77. The zero-order valence-electron chi connectivity index (χ0n) is 19.3. The van der Waals surface area contributed by atoms with E-state index < -0.39 is 34.9 Å². The summed E-state index contributed by atoms with van der Waals surface area (Å²) in [6.45, 7) is 3.08. The van der Waals surface area contributed by atoms with Crippen LogP contribution in [0.5, 0.6) is 11.5 Å². The molecule has 0 radical (unpaired) electrons. The Morgan fingerprint density at radius 2 is 1.76 bits per heavy atom. The number of urea groups is 1. The highest BCUT2D eigenvalue weighted by atomic mass is 16.6. The molecule has 11 nitrogen and oxygen atoms in total. The number of carbonyl (C=O) groups excluding carboxylic acids is 3. The first-order chi connectivity index (χ1) is 16.1. The Morgan fingerprint density at radius 3 is 2.35 bits per heavy atom. The first kappa shape index (κ1) is 24.5. The molecule has 1 atom stereocenters. The number of benzene rings is 2. The molecule has 0 aliphatic carbocycles. The van der Waals surface area contributed by atoms with Crippen LogP contribution in [-0.4, -0.2) is 55.0 Å². The number of aryl methyl sites for hydroxylation is 1. The van der Waals surface area contributed by atoms with Crippen LogP contribution in [0.15, 0.2) is 36.4 Å². The minimum absolute atomic E-state index is 0.0496. The average Bonchev–Trinajstić information content (AvgIpc) is 3.02. The number of nitro benzene ring substituents is 1. The zero-order chi connectivity index (χ0) is 25.0. The second-order valence-corrected chi connectivity index (χ2v) is 8.01. The van der Waals surface area contributed by atoms with Gasteiger partial charge in [0.25, 0.3) is 11.6 Å². The number of nitrogens with one attached hydrogen (secondary N) is 2. The zero-order valence-corrected chi connectivity index (χ0v) is 19.3. The molecule has 0 aromatic heterocycles. The quantitative estimate of drug-likeness (QED) is 0.325. The van der Waals surface area contributed by atoms with Crippen LogP contribution in [0.4, 0.5) is 10.5 Å². The summed E-state index contributed by atoms with van der Waals surface area (Å²) in [6.07, 6.45) is 0.129. The monoisotopic (exact) mass is 470 g/mol. The number of hydrogen-bond donors (Lipinski definition) is 2. The lowest BCUT2D eigenvalue weighted by atomic mass is 9.91. The SMILES string of the molecule is COc1cc(CCNC(=O)CN2C(=O)NC(C)(c3ccc(C)cc3)C2=O)c([N+](=O)[O-])cc1OC. The van der Waals surface area contributed by atoms with Crippen molar-refractivity contribution < 1.29 is 28.8 Å². The molecular weight excluding hydrogens is 444 g/mol. The number of imide groups is 1. The fourth-order valence-electron chi connectivity index (χ4n) is 3.74. The predicted molar refractivity (Wildman–Crippen MR) is 122 cm³/mol. The summed E-state index contributed by atoms with van der Waals surface area (Å²) in [5.74, 6) is -0.562. The first-order valence-corrected chi connectivity index (χ1v) is 10.5. The van der Waals surface area contributed by atoms with E-state index in [9.17, 15) is 24.5 Å². The Hall–Kier alpha value is -4.15. The van der Waals surface area contributed by atoms with Crippen LogP contribution in [0.3, 0.4) is 0 Å². The Bertz CT molecular complexity index is 1130. The van der Waals surface area contributed by atoms with E-state index in [1.54, 1.807) is 19.1 Å². The van der Waals surface area contributed by atoms with E-state index in [1.165, 1.54) is 26.4 Å². The van der Waals surface area contributed by atoms with Gasteiger partial charge in [-0.15, -0.1) is 0 Å². The third-order valence-electron chi connectivity index (χ3n) is 5.70. The van der Waals surface area contributed by atoms with Gasteiger partial charge in [0.05, 0.1) is 25.2 Å². The summed E-state index contributed by atoms with van der Waals surface area (Å²) in [5, 5.41) is 16.7. The molecule has 180 valence electrons. The minimum atomic E-state index is -1.27. The molecule has 0 bridgehead atoms. The Labute approximate surface area is 196 Å². The normalized spacial score (nSPS) is 17.4. The highest BCUT2D eigenvalue weighted by molar-refractivity contribution is 6.09. The number of ether oxygens (including phenoxy) is 2. The maximum atomic E-state index is 13.0. The van der Waals surface area contributed by atoms with Crippen molar-refractivity contribution in [2.24, 2.45) is 0 Å². The summed E-state index contributed by atoms with van der Waals surface area (Å²) in [7, 11) is 2.79. The van der Waals surface area contributed by atoms with Crippen LogP contribution in [0.2, 0.25) is 0 Å². The van der Waals surface area contributed by atoms with E-state index in [0.29, 0.717) is 16.9 Å². The van der Waals surface area contributed by atoms with Gasteiger partial charge in [0.1, 0.15) is 12.1 Å². The molecule has 1 aliphatic rings. The first-order valence-electron chi connectivity index (χ1n) is 10.5. The van der Waals surface area contributed by atoms with E-state index in [-0.39, 0.29) is 24.4 Å². The van der Waals surface area contributed by atoms with Crippen molar-refractivity contribution in [1.82, 2.24) is 15.5 Å². The molecule has 2 aromatic rings. The molecular formula is C23H26N4O7. The van der Waals surface area contributed by atoms with Crippen molar-refractivity contribution >= 4 is 23.5 Å². The maximum absolute atomic E-state index is 13.0. The van der Waals surface area contributed by atoms with Gasteiger partial charge in [0, 0.05) is 12.1 Å². The van der Waals surface area contributed by atoms with Crippen LogP contribution in [0.25, 0.3) is 0 Å². The Morgan fingerprint density at radius 1 is 1.15 bits per heavy atom. The van der Waals surface area contributed by atoms with E-state index in [2.05, 4.69) is 10.6 Å². The van der Waals surface area contributed by atoms with Crippen molar-refractivity contribution in [3.05, 3.63) is 63.2 Å². The van der Waals surface area contributed by atoms with Gasteiger partial charge >= 0.3 is 6.03 Å². The van der Waals surface area contributed by atoms with Crippen molar-refractivity contribution in [2.75, 3.05) is 27.3 Å². The van der Waals surface area contributed by atoms with Gasteiger partial charge < -0.3 is 20.1 Å². The lowest BCUT2D eigenvalue weighted by Gasteiger charge is -2.22. The highest BCUT2D eigenvalue weighted by Crippen LogP contribution is 2.34. The van der Waals surface area contributed by atoms with Crippen LogP contribution in [-0.2, 0) is 21.5 Å². The third-order valence-corrected chi connectivity index (χ3v) is 5.70. The van der Waals surface area contributed by atoms with Gasteiger partial charge in [-0.05, 0) is 31.9 Å². The molecule has 2 aromatic carbocycles. The highest BCUT2D eigenvalue weighted by Gasteiger charge is 2.49. The lowest BCUT2D eigenvalue weighted by Crippen LogP contribution is -2.43. The number of methoxy groups -OCH3 is 2. The molecule has 2 N–H and O–H groups in total. The number of rotatable bonds is 9. The van der Waals surface area contributed by atoms with Crippen LogP contribution in [0, 0.1) is 17.0 Å². The van der Waals surface area contributed by atoms with Gasteiger partial charge in [-0.3, -0.25) is 24.6 Å². The molecule has 1 heterocycles. The van der Waals surface area contributed by atoms with Gasteiger partial charge in [-0.25, -0.2) is 4.79 Å². The van der Waals surface area contributed by atoms with E-state index in [0.717, 1.165) is 10.5 Å². The Balaban J connectivity index is 1.64. The van der Waals surface area contributed by atoms with E-state index in [4.69, 9.17) is 9.47 Å². The fourth-order valence-corrected chi connectivity index (χ4v) is 3.74. The van der Waals surface area contributed by atoms with E-state index >= 15 is 0 Å². The summed E-state index contributed by atoms with van der Waals surface area (Å²) >= 11 is 0. The number of hydrogen-bond acceptors (Lipinski definition) is 7. The molecule has 1 saturated heterocycles. The summed E-state index contributed by atoms with van der Waals surface area (Å²) in [4.78, 5) is 49.6. The molecule has 1 aliphatic heterocycles. The smallest absolute Gasteiger partial charge is 0.325 e. The molecule has 0 saturated carbocycles. The van der Waals surface area contributed by atoms with E-state index in [1.807, 2.05) is 19.1 Å². The molecule has 4 amide bonds. The second-order valence-electron chi connectivity index (χ2n) is 8.01. The van der Waals surface area contributed by atoms with Gasteiger partial charge in [0.2, 0.25) is 5.91 Å². The molecule has 1 unspecified atom stereocenters. The topological polar surface area (TPSA) is 140 Å². The Kier molecular flexibility index (Phi) is 7.04. The van der Waals surface area contributed by atoms with Crippen LogP contribution in [0.1, 0.15) is 23.6 Å². The molecule has 34 heavy (non-hydrogen) atoms. The standard InChI is InChI=1S/C23H26N4O7/c1-14-5-7-16(8-6-14)23(2)21(29)26(22(30)25-23)13-20(28)24-10-9-15-11-18(33-3)19(34-4)12-17(15)27(31)32/h5-8,11-12H,9-10,13H2,1-4H3,(H,24,28)(H,25,30). The second kappa shape index (κ2) is 9.77. The maximum Gasteiger partial charge on any atom is 0.325 e. The van der Waals surface area contributed by atoms with Crippen molar-refractivity contribution in [2.45, 2.75) is 25.8 Å². The van der Waals surface area contributed by atoms with Crippen molar-refractivity contribution in [3.8, 4) is 11.5 Å². The van der Waals surface area contributed by atoms with Gasteiger partial charge in [0.15, 0.2) is 11.5 Å². The number of amides is 4. The van der Waals surface area contributed by atoms with Crippen LogP contribution >= 0.6 is 0 Å². The molecule has 11 heteroatoms. The average molecular weight is 470 g/mol. The number of nitro groups is 1. The molecule has 3 rings (SSSR count). The molecule has 1 fully saturated rings. The van der Waals surface area contributed by atoms with Crippen molar-refractivity contribution in [1.29, 1.82) is 0 Å². The molecule has 0 spiro atoms. The summed E-state index contributed by atoms with van der Waals surface area (Å²) in [6, 6.07) is 9.26. The van der Waals surface area contributed by atoms with Crippen LogP contribution < -0.4 is 20.1 Å². The minimum Gasteiger partial charge on any atom is -0.493 e. The van der Waals surface area contributed by atoms with Gasteiger partial charge in [-0.1, -0.05) is 29.8 Å². The largest absolute Gasteiger partial charge is 0.493 e. The lowest BCUT2D eigenvalue weighted by molar-refractivity contribution is -0.385.